The minimum atomic E-state index is 0.623. The highest BCUT2D eigenvalue weighted by Crippen LogP contribution is 2.44. The summed E-state index contributed by atoms with van der Waals surface area (Å²) in [5.41, 5.74) is 8.96. The van der Waals surface area contributed by atoms with Gasteiger partial charge in [-0.05, 0) is 29.7 Å². The lowest BCUT2D eigenvalue weighted by Gasteiger charge is -2.14. The maximum Gasteiger partial charge on any atom is 0.235 e. The molecule has 0 amide bonds. The molecule has 0 radical (unpaired) electrons. The average molecular weight is 614 g/mol. The van der Waals surface area contributed by atoms with Gasteiger partial charge in [0, 0.05) is 38.4 Å². The SMILES string of the molecule is c1ccc(-c2nc(-n3c4ccccc4c4c5ccccc5c5nc(-c6ccccc6)n(-c6ccccc6)c5c43)nc3ccccc23)cc1. The maximum atomic E-state index is 5.47. The molecule has 0 unspecified atom stereocenters. The number of imidazole rings is 1. The Balaban J connectivity index is 1.46. The van der Waals surface area contributed by atoms with Crippen LogP contribution in [0.3, 0.4) is 0 Å². The summed E-state index contributed by atoms with van der Waals surface area (Å²) in [6.45, 7) is 0. The van der Waals surface area contributed by atoms with Gasteiger partial charge in [0.2, 0.25) is 5.95 Å². The highest BCUT2D eigenvalue weighted by atomic mass is 15.2. The summed E-state index contributed by atoms with van der Waals surface area (Å²) in [5.74, 6) is 1.51. The number of hydrogen-bond acceptors (Lipinski definition) is 3. The number of benzene rings is 7. The molecule has 7 aromatic carbocycles. The van der Waals surface area contributed by atoms with Crippen molar-refractivity contribution in [1.29, 1.82) is 0 Å². The summed E-state index contributed by atoms with van der Waals surface area (Å²) in [7, 11) is 0. The molecule has 0 saturated heterocycles. The molecular weight excluding hydrogens is 587 g/mol. The molecule has 0 atom stereocenters. The van der Waals surface area contributed by atoms with Crippen LogP contribution in [0, 0.1) is 0 Å². The van der Waals surface area contributed by atoms with Crippen LogP contribution >= 0.6 is 0 Å². The van der Waals surface area contributed by atoms with E-state index in [-0.39, 0.29) is 0 Å². The molecule has 10 aromatic rings. The molecule has 5 nitrogen and oxygen atoms in total. The number of aromatic nitrogens is 5. The van der Waals surface area contributed by atoms with E-state index in [0.717, 1.165) is 82.8 Å². The largest absolute Gasteiger partial charge is 0.290 e. The quantitative estimate of drug-likeness (QED) is 0.198. The molecule has 224 valence electrons. The maximum absolute atomic E-state index is 5.47. The van der Waals surface area contributed by atoms with Gasteiger partial charge in [-0.25, -0.2) is 15.0 Å². The van der Waals surface area contributed by atoms with Crippen LogP contribution in [0.15, 0.2) is 164 Å². The van der Waals surface area contributed by atoms with Crippen molar-refractivity contribution in [2.75, 3.05) is 0 Å². The van der Waals surface area contributed by atoms with Gasteiger partial charge >= 0.3 is 0 Å². The van der Waals surface area contributed by atoms with Crippen molar-refractivity contribution in [3.63, 3.8) is 0 Å². The highest BCUT2D eigenvalue weighted by Gasteiger charge is 2.26. The van der Waals surface area contributed by atoms with E-state index in [4.69, 9.17) is 15.0 Å². The Bertz CT molecular complexity index is 2820. The molecule has 0 aliphatic carbocycles. The van der Waals surface area contributed by atoms with E-state index in [1.54, 1.807) is 0 Å². The number of hydrogen-bond donors (Lipinski definition) is 0. The van der Waals surface area contributed by atoms with Gasteiger partial charge in [0.15, 0.2) is 0 Å². The number of rotatable bonds is 4. The normalized spacial score (nSPS) is 11.8. The minimum Gasteiger partial charge on any atom is -0.290 e. The summed E-state index contributed by atoms with van der Waals surface area (Å²) in [5, 5.41) is 5.58. The second kappa shape index (κ2) is 10.5. The number of para-hydroxylation sites is 3. The van der Waals surface area contributed by atoms with Crippen LogP contribution in [0.5, 0.6) is 0 Å². The van der Waals surface area contributed by atoms with Crippen molar-refractivity contribution in [2.45, 2.75) is 0 Å². The Kier molecular flexibility index (Phi) is 5.81. The van der Waals surface area contributed by atoms with Gasteiger partial charge in [-0.1, -0.05) is 140 Å². The van der Waals surface area contributed by atoms with Crippen LogP contribution < -0.4 is 0 Å². The number of fused-ring (bicyclic) bond motifs is 9. The van der Waals surface area contributed by atoms with Crippen molar-refractivity contribution in [3.8, 4) is 34.3 Å². The van der Waals surface area contributed by atoms with E-state index >= 15 is 0 Å². The lowest BCUT2D eigenvalue weighted by atomic mass is 10.0. The summed E-state index contributed by atoms with van der Waals surface area (Å²) < 4.78 is 4.57. The van der Waals surface area contributed by atoms with Gasteiger partial charge in [0.05, 0.1) is 33.3 Å². The van der Waals surface area contributed by atoms with Crippen molar-refractivity contribution < 1.29 is 0 Å². The predicted molar refractivity (Wildman–Crippen MR) is 197 cm³/mol. The van der Waals surface area contributed by atoms with Gasteiger partial charge in [0.1, 0.15) is 5.82 Å². The van der Waals surface area contributed by atoms with Crippen molar-refractivity contribution in [1.82, 2.24) is 24.1 Å². The Morgan fingerprint density at radius 2 is 0.979 bits per heavy atom. The molecule has 5 heteroatoms. The standard InChI is InChI=1S/C43H27N5/c1-4-16-28(17-5-1)38-33-24-12-14-26-35(33)44-43(46-38)48-36-27-15-13-25-34(36)37-31-22-10-11-23-32(31)39-41(40(37)48)47(30-20-8-3-9-21-30)42(45-39)29-18-6-2-7-19-29/h1-27H. The minimum absolute atomic E-state index is 0.623. The molecule has 0 saturated carbocycles. The summed E-state index contributed by atoms with van der Waals surface area (Å²) in [6, 6.07) is 56.9. The lowest BCUT2D eigenvalue weighted by Crippen LogP contribution is -2.05. The van der Waals surface area contributed by atoms with Gasteiger partial charge in [-0.15, -0.1) is 0 Å². The zero-order chi connectivity index (χ0) is 31.6. The third kappa shape index (κ3) is 3.88. The van der Waals surface area contributed by atoms with Crippen molar-refractivity contribution in [3.05, 3.63) is 164 Å². The first-order valence-corrected chi connectivity index (χ1v) is 16.1. The summed E-state index contributed by atoms with van der Waals surface area (Å²) >= 11 is 0. The second-order valence-electron chi connectivity index (χ2n) is 12.0. The fourth-order valence-corrected chi connectivity index (χ4v) is 7.27. The second-order valence-corrected chi connectivity index (χ2v) is 12.0. The van der Waals surface area contributed by atoms with Crippen molar-refractivity contribution >= 4 is 54.5 Å². The van der Waals surface area contributed by atoms with E-state index in [0.29, 0.717) is 5.95 Å². The van der Waals surface area contributed by atoms with Crippen LogP contribution in [0.1, 0.15) is 0 Å². The molecule has 10 rings (SSSR count). The topological polar surface area (TPSA) is 48.5 Å². The first-order valence-electron chi connectivity index (χ1n) is 16.1. The van der Waals surface area contributed by atoms with Crippen LogP contribution in [-0.4, -0.2) is 24.1 Å². The summed E-state index contributed by atoms with van der Waals surface area (Å²) in [4.78, 5) is 16.1. The van der Waals surface area contributed by atoms with E-state index < -0.39 is 0 Å². The fourth-order valence-electron chi connectivity index (χ4n) is 7.27. The van der Waals surface area contributed by atoms with Crippen LogP contribution in [-0.2, 0) is 0 Å². The first kappa shape index (κ1) is 26.6. The van der Waals surface area contributed by atoms with Gasteiger partial charge < -0.3 is 0 Å². The Labute approximate surface area is 276 Å². The zero-order valence-electron chi connectivity index (χ0n) is 25.8. The Hall–Kier alpha value is -6.59. The van der Waals surface area contributed by atoms with Crippen LogP contribution in [0.4, 0.5) is 0 Å². The monoisotopic (exact) mass is 613 g/mol. The van der Waals surface area contributed by atoms with E-state index in [1.165, 1.54) is 0 Å². The van der Waals surface area contributed by atoms with Crippen LogP contribution in [0.2, 0.25) is 0 Å². The first-order chi connectivity index (χ1) is 23.8. The van der Waals surface area contributed by atoms with Gasteiger partial charge in [-0.2, -0.15) is 0 Å². The zero-order valence-corrected chi connectivity index (χ0v) is 25.8. The Morgan fingerprint density at radius 3 is 1.73 bits per heavy atom. The molecule has 0 bridgehead atoms. The molecular formula is C43H27N5. The third-order valence-electron chi connectivity index (χ3n) is 9.31. The van der Waals surface area contributed by atoms with E-state index in [2.05, 4.69) is 155 Å². The van der Waals surface area contributed by atoms with Gasteiger partial charge in [-0.3, -0.25) is 9.13 Å². The molecule has 0 aliphatic rings. The molecule has 0 fully saturated rings. The van der Waals surface area contributed by atoms with Crippen molar-refractivity contribution in [2.24, 2.45) is 0 Å². The molecule has 0 aliphatic heterocycles. The number of nitrogens with zero attached hydrogens (tertiary/aromatic N) is 5. The van der Waals surface area contributed by atoms with Gasteiger partial charge in [0.25, 0.3) is 0 Å². The Morgan fingerprint density at radius 1 is 0.396 bits per heavy atom. The third-order valence-corrected chi connectivity index (χ3v) is 9.31. The fraction of sp³-hybridized carbons (Fsp3) is 0. The summed E-state index contributed by atoms with van der Waals surface area (Å²) in [6.07, 6.45) is 0. The molecule has 0 N–H and O–H groups in total. The lowest BCUT2D eigenvalue weighted by molar-refractivity contribution is 1.01. The predicted octanol–water partition coefficient (Wildman–Crippen LogP) is 10.6. The molecule has 3 heterocycles. The van der Waals surface area contributed by atoms with Crippen LogP contribution in [0.25, 0.3) is 88.8 Å². The smallest absolute Gasteiger partial charge is 0.235 e. The molecule has 48 heavy (non-hydrogen) atoms. The van der Waals surface area contributed by atoms with E-state index in [1.807, 2.05) is 18.2 Å². The average Bonchev–Trinajstić information content (AvgIpc) is 3.73. The molecule has 0 spiro atoms. The highest BCUT2D eigenvalue weighted by molar-refractivity contribution is 6.31. The molecule has 3 aromatic heterocycles. The van der Waals surface area contributed by atoms with E-state index in [9.17, 15) is 0 Å².